The fourth-order valence-corrected chi connectivity index (χ4v) is 5.84. The molecule has 0 bridgehead atoms. The van der Waals surface area contributed by atoms with Crippen molar-refractivity contribution in [1.29, 1.82) is 0 Å². The van der Waals surface area contributed by atoms with Crippen LogP contribution in [0.25, 0.3) is 21.7 Å². The Bertz CT molecular complexity index is 1390. The van der Waals surface area contributed by atoms with Crippen molar-refractivity contribution in [2.45, 2.75) is 4.90 Å². The predicted octanol–water partition coefficient (Wildman–Crippen LogP) is 2.46. The third-order valence-corrected chi connectivity index (χ3v) is 7.65. The van der Waals surface area contributed by atoms with E-state index in [1.54, 1.807) is 16.4 Å². The molecule has 3 aromatic carbocycles. The molecular weight excluding hydrogens is 412 g/mol. The minimum atomic E-state index is -3.61. The van der Waals surface area contributed by atoms with E-state index >= 15 is 0 Å². The summed E-state index contributed by atoms with van der Waals surface area (Å²) in [5.41, 5.74) is 13.4. The molecular formula is C22H22N6O2S. The van der Waals surface area contributed by atoms with Crippen LogP contribution in [0, 0.1) is 0 Å². The van der Waals surface area contributed by atoms with E-state index in [2.05, 4.69) is 14.9 Å². The summed E-state index contributed by atoms with van der Waals surface area (Å²) in [6.07, 6.45) is 0. The molecule has 1 aromatic heterocycles. The van der Waals surface area contributed by atoms with Crippen LogP contribution in [0.4, 0.5) is 17.5 Å². The monoisotopic (exact) mass is 434 g/mol. The SMILES string of the molecule is Nc1nc(N)c2c(N3CCN(S(=O)(=O)c4cccc5ccccc45)CC3)cccc2n1. The van der Waals surface area contributed by atoms with E-state index in [-0.39, 0.29) is 5.95 Å². The zero-order valence-electron chi connectivity index (χ0n) is 16.8. The highest BCUT2D eigenvalue weighted by molar-refractivity contribution is 7.89. The number of nitrogen functional groups attached to an aromatic ring is 2. The topological polar surface area (TPSA) is 118 Å². The van der Waals surface area contributed by atoms with Gasteiger partial charge in [-0.3, -0.25) is 0 Å². The largest absolute Gasteiger partial charge is 0.383 e. The molecule has 0 aliphatic carbocycles. The molecule has 1 saturated heterocycles. The summed E-state index contributed by atoms with van der Waals surface area (Å²) in [6, 6.07) is 18.6. The van der Waals surface area contributed by atoms with Crippen LogP contribution in [0.1, 0.15) is 0 Å². The van der Waals surface area contributed by atoms with Crippen molar-refractivity contribution in [3.8, 4) is 0 Å². The number of hydrogen-bond donors (Lipinski definition) is 2. The maximum absolute atomic E-state index is 13.4. The van der Waals surface area contributed by atoms with Gasteiger partial charge in [0, 0.05) is 37.3 Å². The second-order valence-corrected chi connectivity index (χ2v) is 9.41. The van der Waals surface area contributed by atoms with Crippen molar-refractivity contribution in [2.24, 2.45) is 0 Å². The first kappa shape index (κ1) is 19.5. The molecule has 31 heavy (non-hydrogen) atoms. The molecule has 0 unspecified atom stereocenters. The summed E-state index contributed by atoms with van der Waals surface area (Å²) in [4.78, 5) is 10.8. The fraction of sp³-hybridized carbons (Fsp3) is 0.182. The fourth-order valence-electron chi connectivity index (χ4n) is 4.20. The summed E-state index contributed by atoms with van der Waals surface area (Å²) in [7, 11) is -3.61. The van der Waals surface area contributed by atoms with E-state index in [9.17, 15) is 8.42 Å². The number of piperazine rings is 1. The maximum atomic E-state index is 13.4. The van der Waals surface area contributed by atoms with E-state index in [1.807, 2.05) is 48.5 Å². The van der Waals surface area contributed by atoms with E-state index in [0.29, 0.717) is 42.4 Å². The summed E-state index contributed by atoms with van der Waals surface area (Å²) in [5, 5.41) is 2.39. The van der Waals surface area contributed by atoms with Gasteiger partial charge in [-0.2, -0.15) is 9.29 Å². The van der Waals surface area contributed by atoms with Crippen molar-refractivity contribution in [3.63, 3.8) is 0 Å². The highest BCUT2D eigenvalue weighted by atomic mass is 32.2. The van der Waals surface area contributed by atoms with Gasteiger partial charge in [0.25, 0.3) is 0 Å². The molecule has 8 nitrogen and oxygen atoms in total. The number of nitrogens with two attached hydrogens (primary N) is 2. The lowest BCUT2D eigenvalue weighted by Gasteiger charge is -2.36. The van der Waals surface area contributed by atoms with Gasteiger partial charge in [0.2, 0.25) is 16.0 Å². The first-order valence-electron chi connectivity index (χ1n) is 10.00. The van der Waals surface area contributed by atoms with E-state index in [4.69, 9.17) is 11.5 Å². The van der Waals surface area contributed by atoms with Gasteiger partial charge in [-0.1, -0.05) is 42.5 Å². The van der Waals surface area contributed by atoms with Gasteiger partial charge < -0.3 is 16.4 Å². The van der Waals surface area contributed by atoms with Crippen LogP contribution in [0.5, 0.6) is 0 Å². The quantitative estimate of drug-likeness (QED) is 0.508. The van der Waals surface area contributed by atoms with Crippen LogP contribution in [-0.2, 0) is 10.0 Å². The first-order valence-corrected chi connectivity index (χ1v) is 11.4. The smallest absolute Gasteiger partial charge is 0.243 e. The minimum Gasteiger partial charge on any atom is -0.383 e. The van der Waals surface area contributed by atoms with Crippen molar-refractivity contribution >= 4 is 49.2 Å². The molecule has 0 spiro atoms. The van der Waals surface area contributed by atoms with Gasteiger partial charge in [0.15, 0.2) is 0 Å². The van der Waals surface area contributed by atoms with Crippen LogP contribution < -0.4 is 16.4 Å². The molecule has 9 heteroatoms. The highest BCUT2D eigenvalue weighted by Crippen LogP contribution is 2.32. The van der Waals surface area contributed by atoms with Crippen molar-refractivity contribution < 1.29 is 8.42 Å². The Hall–Kier alpha value is -3.43. The van der Waals surface area contributed by atoms with Gasteiger partial charge in [-0.25, -0.2) is 13.4 Å². The Morgan fingerprint density at radius 3 is 2.32 bits per heavy atom. The van der Waals surface area contributed by atoms with Crippen LogP contribution >= 0.6 is 0 Å². The third kappa shape index (κ3) is 3.31. The van der Waals surface area contributed by atoms with Gasteiger partial charge in [0.05, 0.1) is 15.8 Å². The zero-order chi connectivity index (χ0) is 21.6. The van der Waals surface area contributed by atoms with Gasteiger partial charge >= 0.3 is 0 Å². The molecule has 0 amide bonds. The highest BCUT2D eigenvalue weighted by Gasteiger charge is 2.30. The van der Waals surface area contributed by atoms with Crippen LogP contribution in [0.2, 0.25) is 0 Å². The third-order valence-electron chi connectivity index (χ3n) is 5.69. The van der Waals surface area contributed by atoms with E-state index in [1.165, 1.54) is 0 Å². The number of aromatic nitrogens is 2. The molecule has 5 rings (SSSR count). The van der Waals surface area contributed by atoms with Crippen LogP contribution in [-0.4, -0.2) is 48.9 Å². The number of hydrogen-bond acceptors (Lipinski definition) is 7. The van der Waals surface area contributed by atoms with E-state index in [0.717, 1.165) is 21.8 Å². The van der Waals surface area contributed by atoms with Gasteiger partial charge in [-0.15, -0.1) is 0 Å². The Kier molecular flexibility index (Phi) is 4.64. The van der Waals surface area contributed by atoms with Crippen LogP contribution in [0.15, 0.2) is 65.6 Å². The number of fused-ring (bicyclic) bond motifs is 2. The first-order chi connectivity index (χ1) is 14.9. The summed E-state index contributed by atoms with van der Waals surface area (Å²) >= 11 is 0. The Morgan fingerprint density at radius 1 is 0.806 bits per heavy atom. The molecule has 1 aliphatic heterocycles. The standard InChI is InChI=1S/C22H22N6O2S/c23-21-20-17(25-22(24)26-21)8-4-9-18(20)27-11-13-28(14-12-27)31(29,30)19-10-3-6-15-5-1-2-7-16(15)19/h1-10H,11-14H2,(H4,23,24,25,26). The van der Waals surface area contributed by atoms with Crippen molar-refractivity contribution in [2.75, 3.05) is 42.5 Å². The molecule has 4 N–H and O–H groups in total. The lowest BCUT2D eigenvalue weighted by atomic mass is 10.1. The molecule has 0 saturated carbocycles. The second kappa shape index (κ2) is 7.36. The van der Waals surface area contributed by atoms with Crippen molar-refractivity contribution in [3.05, 3.63) is 60.7 Å². The lowest BCUT2D eigenvalue weighted by Crippen LogP contribution is -2.48. The lowest BCUT2D eigenvalue weighted by molar-refractivity contribution is 0.385. The molecule has 0 atom stereocenters. The Balaban J connectivity index is 1.44. The maximum Gasteiger partial charge on any atom is 0.243 e. The molecule has 1 fully saturated rings. The predicted molar refractivity (Wildman–Crippen MR) is 123 cm³/mol. The van der Waals surface area contributed by atoms with Crippen molar-refractivity contribution in [1.82, 2.24) is 14.3 Å². The average Bonchev–Trinajstić information content (AvgIpc) is 2.78. The molecule has 1 aliphatic rings. The molecule has 158 valence electrons. The molecule has 2 heterocycles. The van der Waals surface area contributed by atoms with Crippen LogP contribution in [0.3, 0.4) is 0 Å². The molecule has 4 aromatic rings. The summed E-state index contributed by atoms with van der Waals surface area (Å²) in [5.74, 6) is 0.456. The molecule has 0 radical (unpaired) electrons. The zero-order valence-corrected chi connectivity index (χ0v) is 17.6. The normalized spacial score (nSPS) is 15.5. The summed E-state index contributed by atoms with van der Waals surface area (Å²) < 4.78 is 28.4. The second-order valence-electron chi connectivity index (χ2n) is 7.51. The van der Waals surface area contributed by atoms with Gasteiger partial charge in [-0.05, 0) is 23.6 Å². The summed E-state index contributed by atoms with van der Waals surface area (Å²) in [6.45, 7) is 1.81. The minimum absolute atomic E-state index is 0.133. The Labute approximate surface area is 180 Å². The Morgan fingerprint density at radius 2 is 1.52 bits per heavy atom. The van der Waals surface area contributed by atoms with E-state index < -0.39 is 10.0 Å². The average molecular weight is 435 g/mol. The van der Waals surface area contributed by atoms with Gasteiger partial charge in [0.1, 0.15) is 5.82 Å². The number of sulfonamides is 1. The number of rotatable bonds is 3. The number of anilines is 3. The number of nitrogens with zero attached hydrogens (tertiary/aromatic N) is 4. The number of benzene rings is 3.